The largest absolute Gasteiger partial charge is 0.365 e. The van der Waals surface area contributed by atoms with E-state index >= 15 is 0 Å². The molecule has 0 aliphatic carbocycles. The molecule has 6 nitrogen and oxygen atoms in total. The van der Waals surface area contributed by atoms with Crippen LogP contribution >= 0.6 is 22.7 Å². The summed E-state index contributed by atoms with van der Waals surface area (Å²) in [5.74, 6) is -0.504. The van der Waals surface area contributed by atoms with Gasteiger partial charge in [-0.05, 0) is 6.07 Å². The van der Waals surface area contributed by atoms with Gasteiger partial charge in [0.2, 0.25) is 0 Å². The Morgan fingerprint density at radius 1 is 1.27 bits per heavy atom. The number of anilines is 1. The van der Waals surface area contributed by atoms with Gasteiger partial charge in [0.1, 0.15) is 5.01 Å². The van der Waals surface area contributed by atoms with Crippen LogP contribution in [0.1, 0.15) is 41.1 Å². The summed E-state index contributed by atoms with van der Waals surface area (Å²) in [7, 11) is 0. The lowest BCUT2D eigenvalue weighted by molar-refractivity contribution is 0.100. The average Bonchev–Trinajstić information content (AvgIpc) is 3.04. The van der Waals surface area contributed by atoms with Crippen LogP contribution in [0.5, 0.6) is 0 Å². The Morgan fingerprint density at radius 2 is 2.00 bits per heavy atom. The van der Waals surface area contributed by atoms with Crippen molar-refractivity contribution < 1.29 is 9.59 Å². The summed E-state index contributed by atoms with van der Waals surface area (Å²) in [6, 6.07) is 1.20. The molecular weight excluding hydrogens is 320 g/mol. The van der Waals surface area contributed by atoms with Crippen molar-refractivity contribution in [1.82, 2.24) is 10.3 Å². The van der Waals surface area contributed by atoms with Crippen molar-refractivity contribution in [2.24, 2.45) is 5.73 Å². The average molecular weight is 338 g/mol. The molecule has 2 heterocycles. The highest BCUT2D eigenvalue weighted by atomic mass is 32.1. The minimum absolute atomic E-state index is 0.00114. The molecule has 0 aliphatic rings. The third kappa shape index (κ3) is 4.28. The molecule has 2 rings (SSSR count). The minimum atomic E-state index is -0.504. The Bertz CT molecular complexity index is 685. The van der Waals surface area contributed by atoms with Gasteiger partial charge in [-0.25, -0.2) is 9.78 Å². The highest BCUT2D eigenvalue weighted by Gasteiger charge is 2.17. The molecule has 22 heavy (non-hydrogen) atoms. The van der Waals surface area contributed by atoms with Gasteiger partial charge >= 0.3 is 6.03 Å². The number of nitrogens with zero attached hydrogens (tertiary/aromatic N) is 1. The van der Waals surface area contributed by atoms with Crippen LogP contribution in [0.15, 0.2) is 16.8 Å². The van der Waals surface area contributed by atoms with Crippen LogP contribution in [-0.4, -0.2) is 16.9 Å². The number of hydrogen-bond donors (Lipinski definition) is 3. The normalized spacial score (nSPS) is 11.2. The van der Waals surface area contributed by atoms with Crippen LogP contribution < -0.4 is 16.4 Å². The molecule has 0 atom stereocenters. The van der Waals surface area contributed by atoms with Crippen molar-refractivity contribution in [2.45, 2.75) is 32.7 Å². The lowest BCUT2D eigenvalue weighted by atomic mass is 9.93. The van der Waals surface area contributed by atoms with E-state index < -0.39 is 5.91 Å². The lowest BCUT2D eigenvalue weighted by Gasteiger charge is -2.14. The van der Waals surface area contributed by atoms with Gasteiger partial charge in [0, 0.05) is 16.2 Å². The third-order valence-corrected chi connectivity index (χ3v) is 4.61. The summed E-state index contributed by atoms with van der Waals surface area (Å²) >= 11 is 2.71. The monoisotopic (exact) mass is 338 g/mol. The van der Waals surface area contributed by atoms with Crippen molar-refractivity contribution in [2.75, 3.05) is 5.32 Å². The number of thiophene rings is 1. The number of thiazole rings is 1. The zero-order valence-corrected chi connectivity index (χ0v) is 14.2. The van der Waals surface area contributed by atoms with Crippen molar-refractivity contribution >= 4 is 40.3 Å². The van der Waals surface area contributed by atoms with Crippen LogP contribution in [0, 0.1) is 0 Å². The number of primary amides is 1. The molecule has 0 saturated heterocycles. The topological polar surface area (TPSA) is 97.1 Å². The van der Waals surface area contributed by atoms with Gasteiger partial charge in [0.15, 0.2) is 0 Å². The predicted octanol–water partition coefficient (Wildman–Crippen LogP) is 2.92. The summed E-state index contributed by atoms with van der Waals surface area (Å²) in [5, 5.41) is 9.92. The molecule has 0 spiro atoms. The molecule has 0 radical (unpaired) electrons. The van der Waals surface area contributed by atoms with Crippen molar-refractivity contribution in [3.63, 3.8) is 0 Å². The molecule has 8 heteroatoms. The number of rotatable bonds is 4. The van der Waals surface area contributed by atoms with E-state index in [0.717, 1.165) is 10.7 Å². The molecule has 0 aromatic carbocycles. The van der Waals surface area contributed by atoms with Gasteiger partial charge in [-0.2, -0.15) is 0 Å². The Morgan fingerprint density at radius 3 is 2.55 bits per heavy atom. The quantitative estimate of drug-likeness (QED) is 0.799. The van der Waals surface area contributed by atoms with E-state index in [1.807, 2.05) is 5.38 Å². The van der Waals surface area contributed by atoms with Crippen LogP contribution in [-0.2, 0) is 12.0 Å². The fourth-order valence-corrected chi connectivity index (χ4v) is 3.25. The second-order valence-electron chi connectivity index (χ2n) is 5.75. The first-order valence-electron chi connectivity index (χ1n) is 6.64. The minimum Gasteiger partial charge on any atom is -0.365 e. The summed E-state index contributed by atoms with van der Waals surface area (Å²) < 4.78 is 0. The first kappa shape index (κ1) is 16.4. The molecule has 2 aromatic rings. The molecule has 0 bridgehead atoms. The SMILES string of the molecule is CC(C)(C)c1csc(CNC(=O)Nc2csc(C(N)=O)c2)n1. The van der Waals surface area contributed by atoms with Gasteiger partial charge in [0.25, 0.3) is 5.91 Å². The first-order valence-corrected chi connectivity index (χ1v) is 8.39. The predicted molar refractivity (Wildman–Crippen MR) is 89.5 cm³/mol. The molecule has 0 saturated carbocycles. The van der Waals surface area contributed by atoms with E-state index in [-0.39, 0.29) is 11.4 Å². The summed E-state index contributed by atoms with van der Waals surface area (Å²) in [6.45, 7) is 6.65. The maximum absolute atomic E-state index is 11.8. The fraction of sp³-hybridized carbons (Fsp3) is 0.357. The number of carbonyl (C=O) groups is 2. The van der Waals surface area contributed by atoms with Crippen molar-refractivity contribution in [3.05, 3.63) is 32.4 Å². The second kappa shape index (κ2) is 6.45. The fourth-order valence-electron chi connectivity index (χ4n) is 1.60. The summed E-state index contributed by atoms with van der Waals surface area (Å²) in [6.07, 6.45) is 0. The summed E-state index contributed by atoms with van der Waals surface area (Å²) in [4.78, 5) is 27.7. The van der Waals surface area contributed by atoms with Gasteiger partial charge in [0.05, 0.1) is 22.8 Å². The van der Waals surface area contributed by atoms with E-state index in [0.29, 0.717) is 17.1 Å². The molecule has 4 N–H and O–H groups in total. The van der Waals surface area contributed by atoms with E-state index in [4.69, 9.17) is 5.73 Å². The number of aromatic nitrogens is 1. The maximum Gasteiger partial charge on any atom is 0.319 e. The molecular formula is C14H18N4O2S2. The van der Waals surface area contributed by atoms with E-state index in [1.165, 1.54) is 22.7 Å². The van der Waals surface area contributed by atoms with Crippen LogP contribution in [0.3, 0.4) is 0 Å². The van der Waals surface area contributed by atoms with Crippen LogP contribution in [0.25, 0.3) is 0 Å². The Balaban J connectivity index is 1.87. The van der Waals surface area contributed by atoms with Gasteiger partial charge < -0.3 is 16.4 Å². The highest BCUT2D eigenvalue weighted by Crippen LogP contribution is 2.23. The number of carbonyl (C=O) groups excluding carboxylic acids is 2. The van der Waals surface area contributed by atoms with Gasteiger partial charge in [-0.3, -0.25) is 4.79 Å². The molecule has 0 aliphatic heterocycles. The van der Waals surface area contributed by atoms with E-state index in [1.54, 1.807) is 11.4 Å². The molecule has 0 unspecified atom stereocenters. The van der Waals surface area contributed by atoms with Crippen molar-refractivity contribution in [3.8, 4) is 0 Å². The molecule has 118 valence electrons. The molecule has 2 aromatic heterocycles. The first-order chi connectivity index (χ1) is 10.3. The van der Waals surface area contributed by atoms with Crippen LogP contribution in [0.4, 0.5) is 10.5 Å². The highest BCUT2D eigenvalue weighted by molar-refractivity contribution is 7.12. The number of urea groups is 1. The number of amides is 3. The maximum atomic E-state index is 11.8. The van der Waals surface area contributed by atoms with Crippen LogP contribution in [0.2, 0.25) is 0 Å². The zero-order chi connectivity index (χ0) is 16.3. The van der Waals surface area contributed by atoms with E-state index in [9.17, 15) is 9.59 Å². The number of nitrogens with two attached hydrogens (primary N) is 1. The molecule has 0 fully saturated rings. The van der Waals surface area contributed by atoms with Gasteiger partial charge in [-0.15, -0.1) is 22.7 Å². The third-order valence-electron chi connectivity index (χ3n) is 2.82. The van der Waals surface area contributed by atoms with Crippen molar-refractivity contribution in [1.29, 1.82) is 0 Å². The van der Waals surface area contributed by atoms with E-state index in [2.05, 4.69) is 36.4 Å². The lowest BCUT2D eigenvalue weighted by Crippen LogP contribution is -2.28. The Kier molecular flexibility index (Phi) is 4.82. The Hall–Kier alpha value is -1.93. The second-order valence-corrected chi connectivity index (χ2v) is 7.60. The molecule has 3 amide bonds. The number of nitrogens with one attached hydrogen (secondary N) is 2. The standard InChI is InChI=1S/C14H18N4O2S2/c1-14(2,3)10-7-22-11(18-10)5-16-13(20)17-8-4-9(12(15)19)21-6-8/h4,6-7H,5H2,1-3H3,(H2,15,19)(H2,16,17,20). The summed E-state index contributed by atoms with van der Waals surface area (Å²) in [5.41, 5.74) is 6.72. The van der Waals surface area contributed by atoms with Gasteiger partial charge in [-0.1, -0.05) is 20.8 Å². The Labute approximate surface area is 136 Å². The zero-order valence-electron chi connectivity index (χ0n) is 12.6. The number of hydrogen-bond acceptors (Lipinski definition) is 5. The smallest absolute Gasteiger partial charge is 0.319 e.